The number of benzene rings is 3. The van der Waals surface area contributed by atoms with Gasteiger partial charge in [-0.2, -0.15) is 0 Å². The predicted octanol–water partition coefficient (Wildman–Crippen LogP) is 6.32. The van der Waals surface area contributed by atoms with Gasteiger partial charge in [-0.1, -0.05) is 95.7 Å². The molecule has 0 radical (unpaired) electrons. The van der Waals surface area contributed by atoms with Gasteiger partial charge in [-0.05, 0) is 28.8 Å². The minimum absolute atomic E-state index is 0.0341. The molecule has 1 aliphatic rings. The van der Waals surface area contributed by atoms with Crippen molar-refractivity contribution in [3.8, 4) is 0 Å². The van der Waals surface area contributed by atoms with Crippen LogP contribution >= 0.6 is 11.8 Å². The number of rotatable bonds is 10. The normalized spacial score (nSPS) is 24.3. The molecular formula is C26H26FN3O3S. The number of thioether (sulfide) groups is 1. The van der Waals surface area contributed by atoms with E-state index in [-0.39, 0.29) is 19.8 Å². The van der Waals surface area contributed by atoms with Gasteiger partial charge < -0.3 is 14.2 Å². The van der Waals surface area contributed by atoms with E-state index in [0.717, 1.165) is 16.0 Å². The third-order valence-corrected chi connectivity index (χ3v) is 6.62. The van der Waals surface area contributed by atoms with Crippen LogP contribution < -0.4 is 0 Å². The van der Waals surface area contributed by atoms with Crippen LogP contribution in [0.1, 0.15) is 11.1 Å². The van der Waals surface area contributed by atoms with Crippen LogP contribution in [0.2, 0.25) is 0 Å². The first-order valence-electron chi connectivity index (χ1n) is 11.1. The third kappa shape index (κ3) is 6.59. The summed E-state index contributed by atoms with van der Waals surface area (Å²) in [4.78, 5) is 3.77. The number of hydrogen-bond acceptors (Lipinski definition) is 5. The summed E-state index contributed by atoms with van der Waals surface area (Å²) in [6.07, 6.45) is -4.05. The van der Waals surface area contributed by atoms with Crippen molar-refractivity contribution in [2.45, 2.75) is 48.0 Å². The van der Waals surface area contributed by atoms with Crippen LogP contribution in [0.25, 0.3) is 10.4 Å². The average Bonchev–Trinajstić information content (AvgIpc) is 2.88. The highest BCUT2D eigenvalue weighted by atomic mass is 32.2. The maximum Gasteiger partial charge on any atom is 0.158 e. The van der Waals surface area contributed by atoms with Crippen LogP contribution in [0.3, 0.4) is 0 Å². The van der Waals surface area contributed by atoms with Crippen LogP contribution in [-0.2, 0) is 27.4 Å². The number of hydrogen-bond donors (Lipinski definition) is 0. The summed E-state index contributed by atoms with van der Waals surface area (Å²) >= 11 is 1.39. The largest absolute Gasteiger partial charge is 0.368 e. The van der Waals surface area contributed by atoms with Gasteiger partial charge in [0.2, 0.25) is 0 Å². The van der Waals surface area contributed by atoms with E-state index in [9.17, 15) is 0 Å². The fourth-order valence-electron chi connectivity index (χ4n) is 3.76. The molecule has 0 bridgehead atoms. The van der Waals surface area contributed by atoms with E-state index in [0.29, 0.717) is 0 Å². The Labute approximate surface area is 202 Å². The van der Waals surface area contributed by atoms with Crippen molar-refractivity contribution in [1.29, 1.82) is 0 Å². The van der Waals surface area contributed by atoms with Gasteiger partial charge >= 0.3 is 0 Å². The van der Waals surface area contributed by atoms with Crippen LogP contribution in [-0.4, -0.2) is 36.5 Å². The number of azide groups is 1. The summed E-state index contributed by atoms with van der Waals surface area (Å²) in [7, 11) is 0. The highest BCUT2D eigenvalue weighted by Gasteiger charge is 2.48. The van der Waals surface area contributed by atoms with Gasteiger partial charge in [0.15, 0.2) is 6.17 Å². The summed E-state index contributed by atoms with van der Waals surface area (Å²) < 4.78 is 34.4. The van der Waals surface area contributed by atoms with Gasteiger partial charge in [0.1, 0.15) is 17.6 Å². The molecule has 5 atom stereocenters. The molecule has 8 heteroatoms. The monoisotopic (exact) mass is 479 g/mol. The Morgan fingerprint density at radius 2 is 1.35 bits per heavy atom. The summed E-state index contributed by atoms with van der Waals surface area (Å²) in [5.41, 5.74) is 10.1. The Morgan fingerprint density at radius 3 is 1.91 bits per heavy atom. The number of ether oxygens (including phenoxy) is 3. The quantitative estimate of drug-likeness (QED) is 0.194. The zero-order valence-corrected chi connectivity index (χ0v) is 19.3. The van der Waals surface area contributed by atoms with Crippen molar-refractivity contribution in [2.24, 2.45) is 5.11 Å². The molecule has 176 valence electrons. The van der Waals surface area contributed by atoms with Crippen molar-refractivity contribution in [2.75, 3.05) is 6.54 Å². The fourth-order valence-corrected chi connectivity index (χ4v) is 4.91. The molecule has 1 heterocycles. The second kappa shape index (κ2) is 12.6. The highest BCUT2D eigenvalue weighted by Crippen LogP contribution is 2.37. The van der Waals surface area contributed by atoms with Crippen molar-refractivity contribution >= 4 is 11.8 Å². The van der Waals surface area contributed by atoms with Crippen LogP contribution in [0.4, 0.5) is 4.39 Å². The second-order valence-electron chi connectivity index (χ2n) is 7.85. The summed E-state index contributed by atoms with van der Waals surface area (Å²) in [6.45, 7) is 0.422. The van der Waals surface area contributed by atoms with Crippen LogP contribution in [0.5, 0.6) is 0 Å². The van der Waals surface area contributed by atoms with Gasteiger partial charge in [0, 0.05) is 9.81 Å². The number of nitrogens with zero attached hydrogens (tertiary/aromatic N) is 3. The first-order chi connectivity index (χ1) is 16.7. The molecule has 1 saturated heterocycles. The first kappa shape index (κ1) is 24.3. The maximum atomic E-state index is 16.1. The predicted molar refractivity (Wildman–Crippen MR) is 130 cm³/mol. The van der Waals surface area contributed by atoms with Gasteiger partial charge in [0.05, 0.1) is 25.9 Å². The molecule has 4 rings (SSSR count). The Bertz CT molecular complexity index is 1050. The Kier molecular flexibility index (Phi) is 8.96. The molecule has 3 aromatic carbocycles. The molecule has 34 heavy (non-hydrogen) atoms. The topological polar surface area (TPSA) is 76.5 Å². The molecule has 0 amide bonds. The molecule has 0 aliphatic carbocycles. The molecule has 0 saturated carbocycles. The summed E-state index contributed by atoms with van der Waals surface area (Å²) in [5.74, 6) is 0. The molecule has 0 N–H and O–H groups in total. The Balaban J connectivity index is 1.55. The third-order valence-electron chi connectivity index (χ3n) is 5.46. The standard InChI is InChI=1S/C26H26FN3O3S/c27-23-24(31-17-19-10-4-1-5-11-19)22(16-29-30-28)33-26(34-21-14-8-3-9-15-21)25(23)32-18-20-12-6-2-7-13-20/h1-15,22-26H,16-18H2. The zero-order valence-electron chi connectivity index (χ0n) is 18.5. The Morgan fingerprint density at radius 1 is 0.824 bits per heavy atom. The lowest BCUT2D eigenvalue weighted by atomic mass is 10.0. The molecule has 1 aliphatic heterocycles. The molecule has 6 nitrogen and oxygen atoms in total. The molecule has 0 aromatic heterocycles. The Hall–Kier alpha value is -2.87. The van der Waals surface area contributed by atoms with Crippen LogP contribution in [0, 0.1) is 0 Å². The van der Waals surface area contributed by atoms with Gasteiger partial charge in [-0.3, -0.25) is 0 Å². The van der Waals surface area contributed by atoms with E-state index in [1.165, 1.54) is 11.8 Å². The number of halogens is 1. The second-order valence-corrected chi connectivity index (χ2v) is 9.03. The minimum atomic E-state index is -1.48. The van der Waals surface area contributed by atoms with Crippen molar-refractivity contribution in [3.05, 3.63) is 113 Å². The first-order valence-corrected chi connectivity index (χ1v) is 12.0. The van der Waals surface area contributed by atoms with Crippen LogP contribution in [0.15, 0.2) is 101 Å². The van der Waals surface area contributed by atoms with E-state index < -0.39 is 29.9 Å². The summed E-state index contributed by atoms with van der Waals surface area (Å²) in [6, 6.07) is 28.8. The molecule has 3 aromatic rings. The minimum Gasteiger partial charge on any atom is -0.368 e. The number of alkyl halides is 1. The fraction of sp³-hybridized carbons (Fsp3) is 0.308. The molecular weight excluding hydrogens is 453 g/mol. The van der Waals surface area contributed by atoms with Gasteiger partial charge in [-0.15, -0.1) is 0 Å². The van der Waals surface area contributed by atoms with E-state index in [2.05, 4.69) is 10.0 Å². The van der Waals surface area contributed by atoms with E-state index in [1.807, 2.05) is 91.0 Å². The summed E-state index contributed by atoms with van der Waals surface area (Å²) in [5, 5.41) is 3.65. The maximum absolute atomic E-state index is 16.1. The highest BCUT2D eigenvalue weighted by molar-refractivity contribution is 7.99. The van der Waals surface area contributed by atoms with E-state index in [4.69, 9.17) is 19.7 Å². The van der Waals surface area contributed by atoms with Crippen molar-refractivity contribution in [3.63, 3.8) is 0 Å². The van der Waals surface area contributed by atoms with Gasteiger partial charge in [-0.25, -0.2) is 4.39 Å². The average molecular weight is 480 g/mol. The molecule has 0 spiro atoms. The van der Waals surface area contributed by atoms with E-state index >= 15 is 4.39 Å². The lowest BCUT2D eigenvalue weighted by Crippen LogP contribution is -2.57. The molecule has 5 unspecified atom stereocenters. The van der Waals surface area contributed by atoms with E-state index in [1.54, 1.807) is 0 Å². The SMILES string of the molecule is [N-]=[N+]=NCC1OC(Sc2ccccc2)C(OCc2ccccc2)C(F)C1OCc1ccccc1. The van der Waals surface area contributed by atoms with Crippen molar-refractivity contribution < 1.29 is 18.6 Å². The van der Waals surface area contributed by atoms with Crippen molar-refractivity contribution in [1.82, 2.24) is 0 Å². The molecule has 1 fully saturated rings. The zero-order chi connectivity index (χ0) is 23.6. The lowest BCUT2D eigenvalue weighted by Gasteiger charge is -2.42. The van der Waals surface area contributed by atoms with Gasteiger partial charge in [0.25, 0.3) is 0 Å². The smallest absolute Gasteiger partial charge is 0.158 e. The lowest BCUT2D eigenvalue weighted by molar-refractivity contribution is -0.209.